The van der Waals surface area contributed by atoms with E-state index in [1.165, 1.54) is 12.1 Å². The van der Waals surface area contributed by atoms with Crippen LogP contribution in [0.25, 0.3) is 0 Å². The highest BCUT2D eigenvalue weighted by Crippen LogP contribution is 2.13. The smallest absolute Gasteiger partial charge is 0.287 e. The Hall–Kier alpha value is -1.00. The van der Waals surface area contributed by atoms with E-state index in [4.69, 9.17) is 21.1 Å². The Morgan fingerprint density at radius 1 is 1.62 bits per heavy atom. The van der Waals surface area contributed by atoms with Crippen molar-refractivity contribution in [1.29, 1.82) is 0 Å². The van der Waals surface area contributed by atoms with Crippen LogP contribution < -0.4 is 5.32 Å². The molecular weight excluding hydrogens is 230 g/mol. The van der Waals surface area contributed by atoms with Crippen LogP contribution in [0.5, 0.6) is 0 Å². The lowest BCUT2D eigenvalue weighted by atomic mass is 10.0. The first kappa shape index (κ1) is 13.1. The average Bonchev–Trinajstić information content (AvgIpc) is 2.70. The molecule has 0 spiro atoms. The Morgan fingerprint density at radius 2 is 2.38 bits per heavy atom. The van der Waals surface area contributed by atoms with E-state index in [9.17, 15) is 4.79 Å². The molecule has 1 aromatic rings. The van der Waals surface area contributed by atoms with Crippen molar-refractivity contribution in [3.8, 4) is 0 Å². The normalized spacial score (nSPS) is 12.4. The Kier molecular flexibility index (Phi) is 5.35. The molecule has 1 rings (SSSR count). The second-order valence-corrected chi connectivity index (χ2v) is 3.97. The zero-order chi connectivity index (χ0) is 12.0. The Balaban J connectivity index is 2.40. The molecule has 4 nitrogen and oxygen atoms in total. The third-order valence-electron chi connectivity index (χ3n) is 2.46. The number of rotatable bonds is 6. The number of hydrogen-bond donors (Lipinski definition) is 2. The van der Waals surface area contributed by atoms with E-state index in [1.54, 1.807) is 0 Å². The molecule has 0 bridgehead atoms. The first-order valence-corrected chi connectivity index (χ1v) is 5.69. The van der Waals surface area contributed by atoms with Crippen LogP contribution in [-0.4, -0.2) is 24.2 Å². The van der Waals surface area contributed by atoms with Crippen LogP contribution in [0.15, 0.2) is 16.5 Å². The third-order valence-corrected chi connectivity index (χ3v) is 2.67. The summed E-state index contributed by atoms with van der Waals surface area (Å²) in [7, 11) is 0. The molecule has 1 atom stereocenters. The fraction of sp³-hybridized carbons (Fsp3) is 0.545. The maximum absolute atomic E-state index is 11.6. The van der Waals surface area contributed by atoms with Crippen LogP contribution in [0.2, 0.25) is 5.22 Å². The Morgan fingerprint density at radius 3 is 2.88 bits per heavy atom. The lowest BCUT2D eigenvalue weighted by Crippen LogP contribution is -2.29. The van der Waals surface area contributed by atoms with Gasteiger partial charge in [0, 0.05) is 13.2 Å². The lowest BCUT2D eigenvalue weighted by molar-refractivity contribution is 0.0916. The maximum atomic E-state index is 11.6. The van der Waals surface area contributed by atoms with Gasteiger partial charge in [-0.3, -0.25) is 4.79 Å². The quantitative estimate of drug-likeness (QED) is 0.807. The van der Waals surface area contributed by atoms with Crippen molar-refractivity contribution < 1.29 is 14.3 Å². The van der Waals surface area contributed by atoms with Crippen LogP contribution in [0, 0.1) is 5.92 Å². The summed E-state index contributed by atoms with van der Waals surface area (Å²) in [4.78, 5) is 11.6. The van der Waals surface area contributed by atoms with Gasteiger partial charge in [-0.1, -0.05) is 13.3 Å². The van der Waals surface area contributed by atoms with Gasteiger partial charge >= 0.3 is 0 Å². The molecule has 0 saturated carbocycles. The van der Waals surface area contributed by atoms with Crippen molar-refractivity contribution in [2.45, 2.75) is 19.8 Å². The molecule has 0 aromatic carbocycles. The Bertz CT molecular complexity index is 338. The van der Waals surface area contributed by atoms with Crippen molar-refractivity contribution in [3.63, 3.8) is 0 Å². The number of amides is 1. The first-order valence-electron chi connectivity index (χ1n) is 5.31. The van der Waals surface area contributed by atoms with Crippen molar-refractivity contribution >= 4 is 17.5 Å². The molecule has 5 heteroatoms. The molecule has 1 heterocycles. The molecule has 16 heavy (non-hydrogen) atoms. The van der Waals surface area contributed by atoms with E-state index in [0.717, 1.165) is 6.42 Å². The van der Waals surface area contributed by atoms with Crippen molar-refractivity contribution in [3.05, 3.63) is 23.1 Å². The number of carbonyl (C=O) groups is 1. The van der Waals surface area contributed by atoms with E-state index >= 15 is 0 Å². The second-order valence-electron chi connectivity index (χ2n) is 3.60. The summed E-state index contributed by atoms with van der Waals surface area (Å²) < 4.78 is 4.98. The lowest BCUT2D eigenvalue weighted by Gasteiger charge is -2.13. The van der Waals surface area contributed by atoms with Crippen molar-refractivity contribution in [2.75, 3.05) is 13.2 Å². The van der Waals surface area contributed by atoms with Crippen LogP contribution in [0.3, 0.4) is 0 Å². The summed E-state index contributed by atoms with van der Waals surface area (Å²) in [6.45, 7) is 2.70. The van der Waals surface area contributed by atoms with E-state index in [2.05, 4.69) is 5.32 Å². The number of hydrogen-bond acceptors (Lipinski definition) is 3. The fourth-order valence-electron chi connectivity index (χ4n) is 1.39. The van der Waals surface area contributed by atoms with Gasteiger partial charge in [-0.05, 0) is 36.1 Å². The number of aliphatic hydroxyl groups is 1. The third kappa shape index (κ3) is 3.87. The van der Waals surface area contributed by atoms with Crippen molar-refractivity contribution in [1.82, 2.24) is 5.32 Å². The molecule has 0 radical (unpaired) electrons. The van der Waals surface area contributed by atoms with E-state index in [-0.39, 0.29) is 23.5 Å². The van der Waals surface area contributed by atoms with Gasteiger partial charge in [-0.25, -0.2) is 0 Å². The topological polar surface area (TPSA) is 62.5 Å². The zero-order valence-corrected chi connectivity index (χ0v) is 9.96. The van der Waals surface area contributed by atoms with Gasteiger partial charge in [0.25, 0.3) is 5.91 Å². The molecule has 0 fully saturated rings. The highest BCUT2D eigenvalue weighted by Gasteiger charge is 2.12. The molecule has 2 N–H and O–H groups in total. The molecule has 0 aliphatic rings. The van der Waals surface area contributed by atoms with Crippen LogP contribution >= 0.6 is 11.6 Å². The Labute approximate surface area is 99.6 Å². The molecule has 1 unspecified atom stereocenters. The predicted octanol–water partition coefficient (Wildman–Crippen LogP) is 2.07. The van der Waals surface area contributed by atoms with Gasteiger partial charge in [0.1, 0.15) is 0 Å². The van der Waals surface area contributed by atoms with Gasteiger partial charge in [-0.15, -0.1) is 0 Å². The number of carbonyl (C=O) groups excluding carboxylic acids is 1. The molecule has 90 valence electrons. The standard InChI is InChI=1S/C11H16ClNO3/c1-2-8(5-6-14)7-13-11(15)9-3-4-10(12)16-9/h3-4,8,14H,2,5-7H2,1H3,(H,13,15). The van der Waals surface area contributed by atoms with E-state index in [0.29, 0.717) is 18.9 Å². The monoisotopic (exact) mass is 245 g/mol. The SMILES string of the molecule is CCC(CCO)CNC(=O)c1ccc(Cl)o1. The van der Waals surface area contributed by atoms with Crippen LogP contribution in [0.4, 0.5) is 0 Å². The molecule has 1 aromatic heterocycles. The summed E-state index contributed by atoms with van der Waals surface area (Å²) in [6.07, 6.45) is 1.61. The van der Waals surface area contributed by atoms with Gasteiger partial charge in [0.05, 0.1) is 0 Å². The number of halogens is 1. The number of aliphatic hydroxyl groups excluding tert-OH is 1. The van der Waals surface area contributed by atoms with E-state index in [1.807, 2.05) is 6.92 Å². The summed E-state index contributed by atoms with van der Waals surface area (Å²) in [5.74, 6) is 0.228. The van der Waals surface area contributed by atoms with Gasteiger partial charge < -0.3 is 14.8 Å². The van der Waals surface area contributed by atoms with Crippen LogP contribution in [0.1, 0.15) is 30.3 Å². The highest BCUT2D eigenvalue weighted by molar-refractivity contribution is 6.29. The van der Waals surface area contributed by atoms with E-state index < -0.39 is 0 Å². The predicted molar refractivity (Wildman–Crippen MR) is 61.5 cm³/mol. The zero-order valence-electron chi connectivity index (χ0n) is 9.20. The first-order chi connectivity index (χ1) is 7.67. The highest BCUT2D eigenvalue weighted by atomic mass is 35.5. The van der Waals surface area contributed by atoms with Crippen molar-refractivity contribution in [2.24, 2.45) is 5.92 Å². The van der Waals surface area contributed by atoms with Crippen LogP contribution in [-0.2, 0) is 0 Å². The summed E-state index contributed by atoms with van der Waals surface area (Å²) in [6, 6.07) is 3.06. The molecule has 0 aliphatic heterocycles. The summed E-state index contributed by atoms with van der Waals surface area (Å²) in [5.41, 5.74) is 0. The molecule has 0 aliphatic carbocycles. The minimum atomic E-state index is -0.275. The maximum Gasteiger partial charge on any atom is 0.287 e. The van der Waals surface area contributed by atoms with Gasteiger partial charge in [0.2, 0.25) is 0 Å². The summed E-state index contributed by atoms with van der Waals surface area (Å²) >= 11 is 5.56. The molecule has 0 saturated heterocycles. The largest absolute Gasteiger partial charge is 0.440 e. The van der Waals surface area contributed by atoms with Gasteiger partial charge in [-0.2, -0.15) is 0 Å². The number of nitrogens with one attached hydrogen (secondary N) is 1. The molecular formula is C11H16ClNO3. The fourth-order valence-corrected chi connectivity index (χ4v) is 1.54. The summed E-state index contributed by atoms with van der Waals surface area (Å²) in [5, 5.41) is 11.8. The minimum absolute atomic E-state index is 0.140. The minimum Gasteiger partial charge on any atom is -0.440 e. The van der Waals surface area contributed by atoms with Gasteiger partial charge in [0.15, 0.2) is 11.0 Å². The molecule has 1 amide bonds. The number of furan rings is 1. The average molecular weight is 246 g/mol. The second kappa shape index (κ2) is 6.55.